The van der Waals surface area contributed by atoms with E-state index in [1.807, 2.05) is 30.5 Å². The zero-order chi connectivity index (χ0) is 22.2. The Labute approximate surface area is 186 Å². The molecule has 3 heterocycles. The van der Waals surface area contributed by atoms with E-state index in [1.54, 1.807) is 23.4 Å². The molecule has 7 nitrogen and oxygen atoms in total. The Morgan fingerprint density at radius 3 is 2.69 bits per heavy atom. The molecular formula is C25H27N3O4. The molecule has 2 aromatic heterocycles. The number of pyridine rings is 2. The Hall–Kier alpha value is -3.19. The second-order valence-electron chi connectivity index (χ2n) is 8.55. The van der Waals surface area contributed by atoms with Crippen molar-refractivity contribution in [3.8, 4) is 5.88 Å². The molecule has 1 amide bonds. The number of carbonyl (C=O) groups excluding carboxylic acids is 1. The highest BCUT2D eigenvalue weighted by Crippen LogP contribution is 2.26. The van der Waals surface area contributed by atoms with Crippen molar-refractivity contribution in [3.63, 3.8) is 0 Å². The third-order valence-electron chi connectivity index (χ3n) is 6.34. The molecule has 2 aliphatic rings. The molecule has 1 fully saturated rings. The van der Waals surface area contributed by atoms with E-state index in [-0.39, 0.29) is 29.1 Å². The van der Waals surface area contributed by atoms with Gasteiger partial charge in [0, 0.05) is 44.7 Å². The van der Waals surface area contributed by atoms with E-state index < -0.39 is 0 Å². The Kier molecular flexibility index (Phi) is 5.43. The molecule has 32 heavy (non-hydrogen) atoms. The van der Waals surface area contributed by atoms with Crippen LogP contribution in [0.2, 0.25) is 0 Å². The van der Waals surface area contributed by atoms with E-state index in [0.29, 0.717) is 43.0 Å². The summed E-state index contributed by atoms with van der Waals surface area (Å²) < 4.78 is 13.6. The van der Waals surface area contributed by atoms with Gasteiger partial charge in [0.25, 0.3) is 5.91 Å². The third-order valence-corrected chi connectivity index (χ3v) is 6.34. The minimum Gasteiger partial charge on any atom is -0.474 e. The van der Waals surface area contributed by atoms with Gasteiger partial charge < -0.3 is 18.9 Å². The van der Waals surface area contributed by atoms with Crippen molar-refractivity contribution < 1.29 is 14.3 Å². The van der Waals surface area contributed by atoms with Gasteiger partial charge in [-0.15, -0.1) is 0 Å². The van der Waals surface area contributed by atoms with Crippen LogP contribution in [0.5, 0.6) is 5.88 Å². The lowest BCUT2D eigenvalue weighted by atomic mass is 10.1. The number of benzene rings is 1. The number of rotatable bonds is 4. The van der Waals surface area contributed by atoms with Gasteiger partial charge >= 0.3 is 0 Å². The molecule has 166 valence electrons. The topological polar surface area (TPSA) is 73.7 Å². The van der Waals surface area contributed by atoms with Crippen LogP contribution >= 0.6 is 0 Å². The van der Waals surface area contributed by atoms with Crippen LogP contribution in [0.4, 0.5) is 0 Å². The third kappa shape index (κ3) is 3.77. The van der Waals surface area contributed by atoms with Gasteiger partial charge in [0.2, 0.25) is 11.3 Å². The number of carbonyl (C=O) groups is 1. The summed E-state index contributed by atoms with van der Waals surface area (Å²) in [6.07, 6.45) is 4.92. The lowest BCUT2D eigenvalue weighted by Gasteiger charge is -2.31. The minimum absolute atomic E-state index is 0.00889. The molecule has 0 bridgehead atoms. The first-order chi connectivity index (χ1) is 15.5. The number of aromatic nitrogens is 2. The van der Waals surface area contributed by atoms with Gasteiger partial charge in [-0.2, -0.15) is 0 Å². The number of nitrogens with zero attached hydrogens (tertiary/aromatic N) is 3. The molecule has 7 heteroatoms. The number of hydrogen-bond donors (Lipinski definition) is 0. The fourth-order valence-electron chi connectivity index (χ4n) is 4.69. The predicted molar refractivity (Wildman–Crippen MR) is 121 cm³/mol. The first-order valence-electron chi connectivity index (χ1n) is 11.2. The highest BCUT2D eigenvalue weighted by Gasteiger charge is 2.26. The van der Waals surface area contributed by atoms with Gasteiger partial charge in [-0.05, 0) is 25.0 Å². The van der Waals surface area contributed by atoms with Gasteiger partial charge in [0.05, 0.1) is 29.8 Å². The minimum atomic E-state index is -0.282. The normalized spacial score (nSPS) is 18.7. The summed E-state index contributed by atoms with van der Waals surface area (Å²) in [4.78, 5) is 32.7. The molecule has 1 saturated heterocycles. The lowest BCUT2D eigenvalue weighted by molar-refractivity contribution is -0.0124. The summed E-state index contributed by atoms with van der Waals surface area (Å²) in [5.74, 6) is 0.166. The van der Waals surface area contributed by atoms with E-state index in [0.717, 1.165) is 12.8 Å². The van der Waals surface area contributed by atoms with Crippen molar-refractivity contribution in [1.29, 1.82) is 0 Å². The molecule has 0 saturated carbocycles. The van der Waals surface area contributed by atoms with Gasteiger partial charge in [0.1, 0.15) is 11.7 Å². The van der Waals surface area contributed by atoms with E-state index >= 15 is 0 Å². The highest BCUT2D eigenvalue weighted by atomic mass is 16.5. The molecule has 0 unspecified atom stereocenters. The van der Waals surface area contributed by atoms with Gasteiger partial charge in [0.15, 0.2) is 0 Å². The highest BCUT2D eigenvalue weighted by molar-refractivity contribution is 5.97. The molecule has 0 spiro atoms. The van der Waals surface area contributed by atoms with Crippen molar-refractivity contribution in [2.24, 2.45) is 0 Å². The summed E-state index contributed by atoms with van der Waals surface area (Å²) in [5, 5.41) is 0.458. The zero-order valence-electron chi connectivity index (χ0n) is 18.4. The summed E-state index contributed by atoms with van der Waals surface area (Å²) in [7, 11) is 0. The number of amides is 1. The zero-order valence-corrected chi connectivity index (χ0v) is 18.4. The van der Waals surface area contributed by atoms with E-state index in [2.05, 4.69) is 17.1 Å². The van der Waals surface area contributed by atoms with Crippen LogP contribution in [0.15, 0.2) is 47.5 Å². The van der Waals surface area contributed by atoms with Gasteiger partial charge in [-0.25, -0.2) is 4.98 Å². The van der Waals surface area contributed by atoms with Crippen molar-refractivity contribution in [1.82, 2.24) is 14.5 Å². The molecule has 1 aliphatic carbocycles. The molecule has 3 aromatic rings. The van der Waals surface area contributed by atoms with Gasteiger partial charge in [-0.3, -0.25) is 9.59 Å². The number of fused-ring (bicyclic) bond motifs is 2. The van der Waals surface area contributed by atoms with E-state index in [1.165, 1.54) is 11.1 Å². The second kappa shape index (κ2) is 8.39. The maximum atomic E-state index is 13.4. The summed E-state index contributed by atoms with van der Waals surface area (Å²) in [5.41, 5.74) is 3.18. The van der Waals surface area contributed by atoms with E-state index in [9.17, 15) is 9.59 Å². The summed E-state index contributed by atoms with van der Waals surface area (Å²) in [6.45, 7) is 5.98. The molecular weight excluding hydrogens is 406 g/mol. The smallest absolute Gasteiger partial charge is 0.259 e. The SMILES string of the molecule is CCn1cc(C(=O)N2CCO[C@H](C)C2)c(=O)c2cc(OC3Cc4ccccc4C3)ncc21. The molecule has 0 N–H and O–H groups in total. The van der Waals surface area contributed by atoms with Crippen LogP contribution in [0, 0.1) is 0 Å². The molecule has 1 atom stereocenters. The van der Waals surface area contributed by atoms with Crippen molar-refractivity contribution in [3.05, 3.63) is 69.6 Å². The van der Waals surface area contributed by atoms with Crippen LogP contribution in [0.1, 0.15) is 35.3 Å². The van der Waals surface area contributed by atoms with E-state index in [4.69, 9.17) is 9.47 Å². The Balaban J connectivity index is 1.47. The summed E-state index contributed by atoms with van der Waals surface area (Å²) >= 11 is 0. The second-order valence-corrected chi connectivity index (χ2v) is 8.55. The molecule has 5 rings (SSSR count). The quantitative estimate of drug-likeness (QED) is 0.633. The maximum absolute atomic E-state index is 13.4. The van der Waals surface area contributed by atoms with Gasteiger partial charge in [-0.1, -0.05) is 24.3 Å². The standard InChI is InChI=1S/C25H27N3O4/c1-3-27-15-21(25(30)28-8-9-31-16(2)14-28)24(29)20-12-23(26-13-22(20)27)32-19-10-17-6-4-5-7-18(17)11-19/h4-7,12-13,15-16,19H,3,8-11,14H2,1-2H3/t16-/m1/s1. The predicted octanol–water partition coefficient (Wildman–Crippen LogP) is 2.82. The van der Waals surface area contributed by atoms with Crippen LogP contribution in [0.25, 0.3) is 10.9 Å². The fourth-order valence-corrected chi connectivity index (χ4v) is 4.69. The summed E-state index contributed by atoms with van der Waals surface area (Å²) in [6, 6.07) is 10.0. The first kappa shape index (κ1) is 20.7. The van der Waals surface area contributed by atoms with Crippen LogP contribution in [-0.4, -0.2) is 52.3 Å². The van der Waals surface area contributed by atoms with Crippen LogP contribution in [0.3, 0.4) is 0 Å². The number of ether oxygens (including phenoxy) is 2. The van der Waals surface area contributed by atoms with Crippen molar-refractivity contribution >= 4 is 16.8 Å². The number of hydrogen-bond acceptors (Lipinski definition) is 5. The van der Waals surface area contributed by atoms with Crippen molar-refractivity contribution in [2.75, 3.05) is 19.7 Å². The molecule has 0 radical (unpaired) electrons. The maximum Gasteiger partial charge on any atom is 0.259 e. The number of aryl methyl sites for hydroxylation is 1. The average molecular weight is 434 g/mol. The Morgan fingerprint density at radius 2 is 2.00 bits per heavy atom. The fraction of sp³-hybridized carbons (Fsp3) is 0.400. The molecule has 1 aromatic carbocycles. The van der Waals surface area contributed by atoms with Crippen molar-refractivity contribution in [2.45, 2.75) is 45.4 Å². The Bertz CT molecular complexity index is 1210. The Morgan fingerprint density at radius 1 is 1.25 bits per heavy atom. The average Bonchev–Trinajstić information content (AvgIpc) is 3.21. The first-order valence-corrected chi connectivity index (χ1v) is 11.2. The van der Waals surface area contributed by atoms with Crippen LogP contribution < -0.4 is 10.2 Å². The molecule has 1 aliphatic heterocycles. The number of morpholine rings is 1. The van der Waals surface area contributed by atoms with Crippen LogP contribution in [-0.2, 0) is 24.1 Å². The largest absolute Gasteiger partial charge is 0.474 e. The monoisotopic (exact) mass is 433 g/mol. The lowest BCUT2D eigenvalue weighted by Crippen LogP contribution is -2.45.